The molecule has 0 saturated carbocycles. The smallest absolute Gasteiger partial charge is 0.244 e. The minimum Gasteiger partial charge on any atom is -0.382 e. The van der Waals surface area contributed by atoms with Crippen LogP contribution in [-0.4, -0.2) is 40.3 Å². The van der Waals surface area contributed by atoms with Gasteiger partial charge in [0.2, 0.25) is 5.91 Å². The number of nitrogens with zero attached hydrogens (tertiary/aromatic N) is 3. The summed E-state index contributed by atoms with van der Waals surface area (Å²) in [6.07, 6.45) is 0. The van der Waals surface area contributed by atoms with Crippen molar-refractivity contribution in [1.82, 2.24) is 14.3 Å². The number of aryl methyl sites for hydroxylation is 1. The number of carbonyl (C=O) groups excluding carboxylic acids is 1. The minimum absolute atomic E-state index is 0.00163. The summed E-state index contributed by atoms with van der Waals surface area (Å²) in [4.78, 5) is 17.9. The molecular weight excluding hydrogens is 294 g/mol. The molecule has 2 aromatic heterocycles. The van der Waals surface area contributed by atoms with Crippen molar-refractivity contribution >= 4 is 39.6 Å². The van der Waals surface area contributed by atoms with Gasteiger partial charge < -0.3 is 16.0 Å². The van der Waals surface area contributed by atoms with E-state index in [4.69, 9.17) is 5.73 Å². The van der Waals surface area contributed by atoms with Gasteiger partial charge in [0, 0.05) is 25.2 Å². The number of rotatable bonds is 4. The largest absolute Gasteiger partial charge is 0.382 e. The van der Waals surface area contributed by atoms with Gasteiger partial charge in [-0.05, 0) is 25.4 Å². The van der Waals surface area contributed by atoms with E-state index in [1.807, 2.05) is 19.2 Å². The molecule has 1 unspecified atom stereocenters. The second-order valence-electron chi connectivity index (χ2n) is 4.66. The average molecular weight is 311 g/mol. The molecular formula is C12H17N5OS2. The van der Waals surface area contributed by atoms with Crippen molar-refractivity contribution in [2.45, 2.75) is 19.9 Å². The number of thiazole rings is 1. The van der Waals surface area contributed by atoms with Gasteiger partial charge in [0.15, 0.2) is 0 Å². The van der Waals surface area contributed by atoms with E-state index in [0.29, 0.717) is 5.82 Å². The van der Waals surface area contributed by atoms with E-state index in [9.17, 15) is 4.79 Å². The van der Waals surface area contributed by atoms with Crippen LogP contribution in [0.1, 0.15) is 12.6 Å². The van der Waals surface area contributed by atoms with Gasteiger partial charge in [-0.15, -0.1) is 11.3 Å². The first-order valence-corrected chi connectivity index (χ1v) is 7.70. The van der Waals surface area contributed by atoms with Crippen molar-refractivity contribution < 1.29 is 4.79 Å². The van der Waals surface area contributed by atoms with Crippen LogP contribution in [0, 0.1) is 6.92 Å². The highest BCUT2D eigenvalue weighted by Crippen LogP contribution is 2.38. The molecule has 2 aromatic rings. The number of likely N-dealkylation sites (N-methyl/N-ethyl adjacent to an activating group) is 1. The molecule has 0 aliphatic heterocycles. The summed E-state index contributed by atoms with van der Waals surface area (Å²) in [6, 6.07) is -0.343. The molecule has 1 atom stereocenters. The predicted octanol–water partition coefficient (Wildman–Crippen LogP) is 2.05. The summed E-state index contributed by atoms with van der Waals surface area (Å²) in [7, 11) is 3.46. The Kier molecular flexibility index (Phi) is 4.24. The third kappa shape index (κ3) is 2.91. The topological polar surface area (TPSA) is 84.1 Å². The molecule has 0 bridgehead atoms. The van der Waals surface area contributed by atoms with Crippen LogP contribution in [0.5, 0.6) is 0 Å². The van der Waals surface area contributed by atoms with E-state index >= 15 is 0 Å². The van der Waals surface area contributed by atoms with Crippen LogP contribution < -0.4 is 11.1 Å². The van der Waals surface area contributed by atoms with Gasteiger partial charge in [-0.2, -0.15) is 4.37 Å². The Morgan fingerprint density at radius 3 is 2.75 bits per heavy atom. The zero-order valence-corrected chi connectivity index (χ0v) is 13.4. The summed E-state index contributed by atoms with van der Waals surface area (Å²) in [6.45, 7) is 3.75. The quantitative estimate of drug-likeness (QED) is 0.902. The van der Waals surface area contributed by atoms with Gasteiger partial charge in [-0.3, -0.25) is 4.79 Å². The molecule has 2 rings (SSSR count). The molecule has 3 N–H and O–H groups in total. The van der Waals surface area contributed by atoms with E-state index in [0.717, 1.165) is 21.3 Å². The Labute approximate surface area is 125 Å². The van der Waals surface area contributed by atoms with Gasteiger partial charge in [-0.25, -0.2) is 4.98 Å². The Morgan fingerprint density at radius 2 is 2.20 bits per heavy atom. The number of nitrogen functional groups attached to an aromatic ring is 1. The highest BCUT2D eigenvalue weighted by atomic mass is 32.1. The standard InChI is InChI=1S/C12H17N5OS2/c1-6-5-19-10(14-6)8-9(13)16-20-11(8)15-7(2)12(18)17(3)4/h5,7,15H,1-4H3,(H2,13,16). The zero-order chi connectivity index (χ0) is 14.9. The van der Waals surface area contributed by atoms with Crippen molar-refractivity contribution in [2.75, 3.05) is 25.1 Å². The number of amides is 1. The number of hydrogen-bond acceptors (Lipinski definition) is 7. The maximum Gasteiger partial charge on any atom is 0.244 e. The summed E-state index contributed by atoms with van der Waals surface area (Å²) < 4.78 is 4.16. The van der Waals surface area contributed by atoms with Crippen LogP contribution in [0.4, 0.5) is 10.8 Å². The van der Waals surface area contributed by atoms with Crippen LogP contribution in [0.15, 0.2) is 5.38 Å². The van der Waals surface area contributed by atoms with E-state index in [-0.39, 0.29) is 11.9 Å². The number of nitrogens with two attached hydrogens (primary N) is 1. The van der Waals surface area contributed by atoms with Crippen molar-refractivity contribution in [3.05, 3.63) is 11.1 Å². The first kappa shape index (κ1) is 14.7. The molecule has 0 fully saturated rings. The fourth-order valence-corrected chi connectivity index (χ4v) is 3.45. The Bertz CT molecular complexity index is 619. The highest BCUT2D eigenvalue weighted by Gasteiger charge is 2.21. The summed E-state index contributed by atoms with van der Waals surface area (Å²) >= 11 is 2.77. The number of anilines is 2. The SMILES string of the molecule is Cc1csc(-c2c(N)nsc2NC(C)C(=O)N(C)C)n1. The molecule has 6 nitrogen and oxygen atoms in total. The second kappa shape index (κ2) is 5.76. The fraction of sp³-hybridized carbons (Fsp3) is 0.417. The molecule has 0 saturated heterocycles. The molecule has 1 amide bonds. The van der Waals surface area contributed by atoms with E-state index in [1.54, 1.807) is 19.0 Å². The van der Waals surface area contributed by atoms with E-state index < -0.39 is 0 Å². The van der Waals surface area contributed by atoms with Gasteiger partial charge >= 0.3 is 0 Å². The van der Waals surface area contributed by atoms with Crippen LogP contribution in [0.3, 0.4) is 0 Å². The predicted molar refractivity (Wildman–Crippen MR) is 84.2 cm³/mol. The second-order valence-corrected chi connectivity index (χ2v) is 6.30. The first-order chi connectivity index (χ1) is 9.40. The number of hydrogen-bond donors (Lipinski definition) is 2. The molecule has 108 valence electrons. The van der Waals surface area contributed by atoms with Gasteiger partial charge in [0.25, 0.3) is 0 Å². The molecule has 2 heterocycles. The van der Waals surface area contributed by atoms with Gasteiger partial charge in [-0.1, -0.05) is 0 Å². The van der Waals surface area contributed by atoms with Gasteiger partial charge in [0.05, 0.1) is 5.56 Å². The summed E-state index contributed by atoms with van der Waals surface area (Å²) in [5.74, 6) is 0.439. The zero-order valence-electron chi connectivity index (χ0n) is 11.8. The third-order valence-corrected chi connectivity index (χ3v) is 4.48. The maximum atomic E-state index is 11.9. The van der Waals surface area contributed by atoms with Crippen molar-refractivity contribution in [1.29, 1.82) is 0 Å². The monoisotopic (exact) mass is 311 g/mol. The Morgan fingerprint density at radius 1 is 1.50 bits per heavy atom. The lowest BCUT2D eigenvalue weighted by Gasteiger charge is -2.18. The van der Waals surface area contributed by atoms with Crippen molar-refractivity contribution in [3.8, 4) is 10.6 Å². The number of carbonyl (C=O) groups is 1. The summed E-state index contributed by atoms with van der Waals surface area (Å²) in [5.41, 5.74) is 7.65. The molecule has 0 aromatic carbocycles. The van der Waals surface area contributed by atoms with Gasteiger partial charge in [0.1, 0.15) is 21.9 Å². The molecule has 0 spiro atoms. The maximum absolute atomic E-state index is 11.9. The molecule has 8 heteroatoms. The molecule has 0 aliphatic rings. The molecule has 0 radical (unpaired) electrons. The Balaban J connectivity index is 2.28. The lowest BCUT2D eigenvalue weighted by molar-refractivity contribution is -0.129. The highest BCUT2D eigenvalue weighted by molar-refractivity contribution is 7.15. The fourth-order valence-electron chi connectivity index (χ4n) is 1.72. The van der Waals surface area contributed by atoms with Crippen LogP contribution in [0.25, 0.3) is 10.6 Å². The van der Waals surface area contributed by atoms with Crippen LogP contribution in [-0.2, 0) is 4.79 Å². The van der Waals surface area contributed by atoms with E-state index in [2.05, 4.69) is 14.7 Å². The first-order valence-electron chi connectivity index (χ1n) is 6.05. The average Bonchev–Trinajstić information content (AvgIpc) is 2.94. The Hall–Kier alpha value is -1.67. The summed E-state index contributed by atoms with van der Waals surface area (Å²) in [5, 5.41) is 6.73. The molecule has 0 aliphatic carbocycles. The normalized spacial score (nSPS) is 12.2. The van der Waals surface area contributed by atoms with Crippen LogP contribution >= 0.6 is 22.9 Å². The number of nitrogens with one attached hydrogen (secondary N) is 1. The van der Waals surface area contributed by atoms with Crippen molar-refractivity contribution in [2.24, 2.45) is 0 Å². The van der Waals surface area contributed by atoms with Crippen molar-refractivity contribution in [3.63, 3.8) is 0 Å². The minimum atomic E-state index is -0.343. The lowest BCUT2D eigenvalue weighted by Crippen LogP contribution is -2.36. The lowest BCUT2D eigenvalue weighted by atomic mass is 10.2. The molecule has 20 heavy (non-hydrogen) atoms. The van der Waals surface area contributed by atoms with E-state index in [1.165, 1.54) is 22.9 Å². The number of aromatic nitrogens is 2. The van der Waals surface area contributed by atoms with Crippen LogP contribution in [0.2, 0.25) is 0 Å². The third-order valence-electron chi connectivity index (χ3n) is 2.71.